The van der Waals surface area contributed by atoms with Gasteiger partial charge >= 0.3 is 0 Å². The Balaban J connectivity index is 1.62. The first-order valence-corrected chi connectivity index (χ1v) is 9.71. The highest BCUT2D eigenvalue weighted by molar-refractivity contribution is 6.05. The predicted molar refractivity (Wildman–Crippen MR) is 118 cm³/mol. The number of hydrogen-bond donors (Lipinski definition) is 2. The minimum atomic E-state index is -0.286. The Morgan fingerprint density at radius 3 is 2.57 bits per heavy atom. The highest BCUT2D eigenvalue weighted by Crippen LogP contribution is 2.28. The van der Waals surface area contributed by atoms with Gasteiger partial charge in [-0.1, -0.05) is 23.8 Å². The smallest absolute Gasteiger partial charge is 0.257 e. The molecule has 3 rings (SSSR count). The zero-order valence-electron chi connectivity index (χ0n) is 17.4. The van der Waals surface area contributed by atoms with E-state index in [1.807, 2.05) is 0 Å². The molecule has 3 aromatic rings. The molecule has 154 valence electrons. The minimum Gasteiger partial charge on any atom is -0.494 e. The van der Waals surface area contributed by atoms with Gasteiger partial charge in [0.1, 0.15) is 5.75 Å². The van der Waals surface area contributed by atoms with Crippen LogP contribution in [0.25, 0.3) is 0 Å². The van der Waals surface area contributed by atoms with Crippen molar-refractivity contribution >= 4 is 23.2 Å². The molecule has 1 aromatic heterocycles. The van der Waals surface area contributed by atoms with Gasteiger partial charge in [-0.15, -0.1) is 0 Å². The lowest BCUT2D eigenvalue weighted by atomic mass is 10.0. The first kappa shape index (κ1) is 21.0. The number of pyridine rings is 1. The van der Waals surface area contributed by atoms with Gasteiger partial charge in [0.2, 0.25) is 5.91 Å². The highest BCUT2D eigenvalue weighted by Gasteiger charge is 2.12. The molecule has 1 heterocycles. The van der Waals surface area contributed by atoms with Crippen LogP contribution in [0.3, 0.4) is 0 Å². The number of nitrogens with one attached hydrogen (secondary N) is 2. The van der Waals surface area contributed by atoms with E-state index in [1.165, 1.54) is 30.0 Å². The molecule has 0 atom stereocenters. The molecule has 30 heavy (non-hydrogen) atoms. The summed E-state index contributed by atoms with van der Waals surface area (Å²) < 4.78 is 5.38. The van der Waals surface area contributed by atoms with E-state index in [4.69, 9.17) is 4.74 Å². The fourth-order valence-corrected chi connectivity index (χ4v) is 3.16. The second-order valence-electron chi connectivity index (χ2n) is 7.09. The van der Waals surface area contributed by atoms with Crippen molar-refractivity contribution in [3.8, 4) is 5.75 Å². The van der Waals surface area contributed by atoms with Crippen LogP contribution in [-0.2, 0) is 11.2 Å². The molecule has 0 saturated carbocycles. The van der Waals surface area contributed by atoms with Crippen LogP contribution < -0.4 is 15.4 Å². The Morgan fingerprint density at radius 2 is 1.87 bits per heavy atom. The van der Waals surface area contributed by atoms with Crippen molar-refractivity contribution in [1.82, 2.24) is 4.98 Å². The Hall–Kier alpha value is -3.67. The van der Waals surface area contributed by atoms with E-state index in [0.717, 1.165) is 0 Å². The molecule has 0 bridgehead atoms. The summed E-state index contributed by atoms with van der Waals surface area (Å²) in [6, 6.07) is 14.8. The van der Waals surface area contributed by atoms with E-state index in [0.29, 0.717) is 35.5 Å². The zero-order chi connectivity index (χ0) is 21.5. The first-order valence-electron chi connectivity index (χ1n) is 9.71. The monoisotopic (exact) mass is 403 g/mol. The van der Waals surface area contributed by atoms with Gasteiger partial charge in [0.05, 0.1) is 18.4 Å². The van der Waals surface area contributed by atoms with Gasteiger partial charge in [0.25, 0.3) is 5.91 Å². The van der Waals surface area contributed by atoms with Gasteiger partial charge in [0, 0.05) is 30.6 Å². The Bertz CT molecular complexity index is 1050. The van der Waals surface area contributed by atoms with E-state index in [1.54, 1.807) is 36.5 Å². The molecule has 0 unspecified atom stereocenters. The second-order valence-corrected chi connectivity index (χ2v) is 7.09. The number of aromatic nitrogens is 1. The number of carbonyl (C=O) groups excluding carboxylic acids is 2. The van der Waals surface area contributed by atoms with Crippen LogP contribution in [-0.4, -0.2) is 23.9 Å². The van der Waals surface area contributed by atoms with Crippen LogP contribution in [0.4, 0.5) is 11.4 Å². The van der Waals surface area contributed by atoms with Crippen molar-refractivity contribution in [2.75, 3.05) is 17.7 Å². The van der Waals surface area contributed by atoms with Crippen molar-refractivity contribution in [2.45, 2.75) is 26.7 Å². The summed E-state index contributed by atoms with van der Waals surface area (Å²) in [6.45, 7) is 4.11. The molecule has 0 radical (unpaired) electrons. The van der Waals surface area contributed by atoms with Crippen molar-refractivity contribution in [3.63, 3.8) is 0 Å². The number of amides is 2. The maximum atomic E-state index is 12.4. The number of methoxy groups -OCH3 is 1. The largest absolute Gasteiger partial charge is 0.494 e. The topological polar surface area (TPSA) is 80.3 Å². The molecule has 0 saturated heterocycles. The molecule has 0 fully saturated rings. The summed E-state index contributed by atoms with van der Waals surface area (Å²) in [5, 5.41) is 5.69. The molecule has 2 N–H and O–H groups in total. The lowest BCUT2D eigenvalue weighted by Gasteiger charge is -2.13. The van der Waals surface area contributed by atoms with E-state index < -0.39 is 0 Å². The molecule has 6 heteroatoms. The van der Waals surface area contributed by atoms with Crippen molar-refractivity contribution in [2.24, 2.45) is 0 Å². The fraction of sp³-hybridized carbons (Fsp3) is 0.208. The maximum absolute atomic E-state index is 12.4. The number of aryl methyl sites for hydroxylation is 3. The maximum Gasteiger partial charge on any atom is 0.257 e. The third-order valence-corrected chi connectivity index (χ3v) is 4.78. The second kappa shape index (κ2) is 9.69. The first-order chi connectivity index (χ1) is 14.5. The SMILES string of the molecule is COc1cc(NC(=O)CCc2ccc(C)cc2C)ccc1NC(=O)c1cccnc1. The van der Waals surface area contributed by atoms with Crippen molar-refractivity contribution < 1.29 is 14.3 Å². The number of rotatable bonds is 7. The molecule has 6 nitrogen and oxygen atoms in total. The highest BCUT2D eigenvalue weighted by atomic mass is 16.5. The molecule has 0 spiro atoms. The number of nitrogens with zero attached hydrogens (tertiary/aromatic N) is 1. The van der Waals surface area contributed by atoms with Crippen LogP contribution >= 0.6 is 0 Å². The minimum absolute atomic E-state index is 0.0795. The van der Waals surface area contributed by atoms with E-state index >= 15 is 0 Å². The van der Waals surface area contributed by atoms with Gasteiger partial charge in [-0.3, -0.25) is 14.6 Å². The average Bonchev–Trinajstić information content (AvgIpc) is 2.74. The van der Waals surface area contributed by atoms with Crippen LogP contribution in [0.1, 0.15) is 33.5 Å². The van der Waals surface area contributed by atoms with E-state index in [2.05, 4.69) is 47.7 Å². The number of carbonyl (C=O) groups is 2. The predicted octanol–water partition coefficient (Wildman–Crippen LogP) is 4.53. The summed E-state index contributed by atoms with van der Waals surface area (Å²) >= 11 is 0. The standard InChI is InChI=1S/C24H25N3O3/c1-16-6-7-18(17(2)13-16)8-11-23(28)26-20-9-10-21(22(14-20)30-3)27-24(29)19-5-4-12-25-15-19/h4-7,9-10,12-15H,8,11H2,1-3H3,(H,26,28)(H,27,29). The van der Waals surface area contributed by atoms with Gasteiger partial charge in [-0.2, -0.15) is 0 Å². The van der Waals surface area contributed by atoms with Gasteiger partial charge in [-0.05, 0) is 55.7 Å². The van der Waals surface area contributed by atoms with Crippen LogP contribution in [0.2, 0.25) is 0 Å². The van der Waals surface area contributed by atoms with Gasteiger partial charge < -0.3 is 15.4 Å². The van der Waals surface area contributed by atoms with Crippen molar-refractivity contribution in [3.05, 3.63) is 83.2 Å². The fourth-order valence-electron chi connectivity index (χ4n) is 3.16. The van der Waals surface area contributed by atoms with Crippen LogP contribution in [0, 0.1) is 13.8 Å². The molecule has 0 aliphatic rings. The number of ether oxygens (including phenoxy) is 1. The average molecular weight is 403 g/mol. The van der Waals surface area contributed by atoms with Crippen LogP contribution in [0.5, 0.6) is 5.75 Å². The van der Waals surface area contributed by atoms with Gasteiger partial charge in [-0.25, -0.2) is 0 Å². The zero-order valence-corrected chi connectivity index (χ0v) is 17.4. The summed E-state index contributed by atoms with van der Waals surface area (Å²) in [5.41, 5.74) is 5.14. The Morgan fingerprint density at radius 1 is 1.03 bits per heavy atom. The lowest BCUT2D eigenvalue weighted by Crippen LogP contribution is -2.14. The third kappa shape index (κ3) is 5.44. The van der Waals surface area contributed by atoms with E-state index in [-0.39, 0.29) is 11.8 Å². The Kier molecular flexibility index (Phi) is 6.80. The van der Waals surface area contributed by atoms with Gasteiger partial charge in [0.15, 0.2) is 0 Å². The van der Waals surface area contributed by atoms with E-state index in [9.17, 15) is 9.59 Å². The molecule has 0 aliphatic carbocycles. The summed E-state index contributed by atoms with van der Waals surface area (Å²) in [4.78, 5) is 28.7. The molecule has 0 aliphatic heterocycles. The summed E-state index contributed by atoms with van der Waals surface area (Å²) in [6.07, 6.45) is 4.15. The number of hydrogen-bond acceptors (Lipinski definition) is 4. The summed E-state index contributed by atoms with van der Waals surface area (Å²) in [7, 11) is 1.51. The third-order valence-electron chi connectivity index (χ3n) is 4.78. The van der Waals surface area contributed by atoms with Crippen LogP contribution in [0.15, 0.2) is 60.9 Å². The number of anilines is 2. The number of benzene rings is 2. The quantitative estimate of drug-likeness (QED) is 0.607. The van der Waals surface area contributed by atoms with Crippen molar-refractivity contribution in [1.29, 1.82) is 0 Å². The molecule has 2 aromatic carbocycles. The molecule has 2 amide bonds. The summed E-state index contributed by atoms with van der Waals surface area (Å²) in [5.74, 6) is 0.0928. The Labute approximate surface area is 176 Å². The molecular formula is C24H25N3O3. The lowest BCUT2D eigenvalue weighted by molar-refractivity contribution is -0.116. The normalized spacial score (nSPS) is 10.4. The molecular weight excluding hydrogens is 378 g/mol.